The van der Waals surface area contributed by atoms with Crippen molar-refractivity contribution in [3.8, 4) is 0 Å². The van der Waals surface area contributed by atoms with Crippen LogP contribution in [0, 0.1) is 5.92 Å². The number of likely N-dealkylation sites (tertiary alicyclic amines) is 1. The second kappa shape index (κ2) is 4.68. The van der Waals surface area contributed by atoms with E-state index in [1.165, 1.54) is 0 Å². The molecule has 1 atom stereocenters. The number of aryl methyl sites for hydroxylation is 1. The lowest BCUT2D eigenvalue weighted by Crippen LogP contribution is -2.35. The van der Waals surface area contributed by atoms with Crippen LogP contribution in [0.5, 0.6) is 0 Å². The molecule has 2 fully saturated rings. The fraction of sp³-hybridized carbons (Fsp3) is 0.615. The molecule has 1 aromatic rings. The monoisotopic (exact) mass is 262 g/mol. The normalized spacial score (nSPS) is 23.4. The lowest BCUT2D eigenvalue weighted by Gasteiger charge is -2.19. The number of carbonyl (C=O) groups excluding carboxylic acids is 2. The Morgan fingerprint density at radius 1 is 1.37 bits per heavy atom. The second-order valence-electron chi connectivity index (χ2n) is 5.31. The number of rotatable bonds is 2. The van der Waals surface area contributed by atoms with Crippen molar-refractivity contribution in [2.45, 2.75) is 19.3 Å². The minimum Gasteiger partial charge on any atom is -0.342 e. The van der Waals surface area contributed by atoms with E-state index < -0.39 is 0 Å². The van der Waals surface area contributed by atoms with Gasteiger partial charge in [-0.2, -0.15) is 5.10 Å². The topological polar surface area (TPSA) is 58.4 Å². The van der Waals surface area contributed by atoms with E-state index in [1.807, 2.05) is 11.9 Å². The van der Waals surface area contributed by atoms with Gasteiger partial charge < -0.3 is 9.80 Å². The molecule has 2 amide bonds. The predicted molar refractivity (Wildman–Crippen MR) is 69.5 cm³/mol. The Morgan fingerprint density at radius 3 is 2.74 bits per heavy atom. The van der Waals surface area contributed by atoms with Crippen molar-refractivity contribution >= 4 is 17.5 Å². The van der Waals surface area contributed by atoms with Crippen molar-refractivity contribution in [1.82, 2.24) is 14.7 Å². The van der Waals surface area contributed by atoms with Gasteiger partial charge in [-0.05, 0) is 12.8 Å². The maximum absolute atomic E-state index is 12.3. The molecule has 2 saturated heterocycles. The van der Waals surface area contributed by atoms with Crippen LogP contribution < -0.4 is 4.90 Å². The number of nitrogens with zero attached hydrogens (tertiary/aromatic N) is 4. The molecule has 0 radical (unpaired) electrons. The fourth-order valence-corrected chi connectivity index (χ4v) is 2.87. The van der Waals surface area contributed by atoms with E-state index >= 15 is 0 Å². The molecule has 0 saturated carbocycles. The molecule has 19 heavy (non-hydrogen) atoms. The molecular weight excluding hydrogens is 244 g/mol. The number of hydrogen-bond donors (Lipinski definition) is 0. The number of anilines is 1. The Labute approximate surface area is 112 Å². The average Bonchev–Trinajstić information content (AvgIpc) is 3.08. The standard InChI is InChI=1S/C13H18N4O2/c1-15-9-11(7-14-15)17-8-10(6-12(17)18)13(19)16-4-2-3-5-16/h7,9-10H,2-6,8H2,1H3. The molecule has 2 aliphatic heterocycles. The summed E-state index contributed by atoms with van der Waals surface area (Å²) >= 11 is 0. The summed E-state index contributed by atoms with van der Waals surface area (Å²) in [6, 6.07) is 0. The van der Waals surface area contributed by atoms with Gasteiger partial charge in [0.25, 0.3) is 0 Å². The van der Waals surface area contributed by atoms with Crippen LogP contribution in [-0.2, 0) is 16.6 Å². The Balaban J connectivity index is 1.71. The second-order valence-corrected chi connectivity index (χ2v) is 5.31. The molecule has 1 unspecified atom stereocenters. The molecule has 2 aliphatic rings. The lowest BCUT2D eigenvalue weighted by atomic mass is 10.1. The van der Waals surface area contributed by atoms with Crippen LogP contribution in [0.4, 0.5) is 5.69 Å². The first kappa shape index (κ1) is 12.2. The van der Waals surface area contributed by atoms with Crippen molar-refractivity contribution in [3.63, 3.8) is 0 Å². The van der Waals surface area contributed by atoms with Crippen LogP contribution in [0.3, 0.4) is 0 Å². The molecule has 0 N–H and O–H groups in total. The Bertz CT molecular complexity index is 504. The van der Waals surface area contributed by atoms with Gasteiger partial charge in [0.2, 0.25) is 11.8 Å². The van der Waals surface area contributed by atoms with E-state index in [0.717, 1.165) is 31.6 Å². The quantitative estimate of drug-likeness (QED) is 0.775. The Hall–Kier alpha value is -1.85. The van der Waals surface area contributed by atoms with Crippen molar-refractivity contribution in [2.24, 2.45) is 13.0 Å². The molecule has 0 aromatic carbocycles. The van der Waals surface area contributed by atoms with Crippen LogP contribution >= 0.6 is 0 Å². The summed E-state index contributed by atoms with van der Waals surface area (Å²) < 4.78 is 1.66. The van der Waals surface area contributed by atoms with E-state index in [1.54, 1.807) is 22.0 Å². The van der Waals surface area contributed by atoms with Gasteiger partial charge in [0.15, 0.2) is 0 Å². The fourth-order valence-electron chi connectivity index (χ4n) is 2.87. The molecule has 0 spiro atoms. The third-order valence-electron chi connectivity index (χ3n) is 3.89. The smallest absolute Gasteiger partial charge is 0.228 e. The van der Waals surface area contributed by atoms with E-state index in [-0.39, 0.29) is 17.7 Å². The third-order valence-corrected chi connectivity index (χ3v) is 3.89. The Kier molecular flexibility index (Phi) is 3.00. The van der Waals surface area contributed by atoms with Crippen molar-refractivity contribution in [1.29, 1.82) is 0 Å². The van der Waals surface area contributed by atoms with E-state index in [9.17, 15) is 9.59 Å². The summed E-state index contributed by atoms with van der Waals surface area (Å²) in [4.78, 5) is 27.9. The number of amides is 2. The summed E-state index contributed by atoms with van der Waals surface area (Å²) in [6.45, 7) is 2.17. The SMILES string of the molecule is Cn1cc(N2CC(C(=O)N3CCCC3)CC2=O)cn1. The summed E-state index contributed by atoms with van der Waals surface area (Å²) in [5.74, 6) is -0.0337. The first-order chi connectivity index (χ1) is 9.15. The lowest BCUT2D eigenvalue weighted by molar-refractivity contribution is -0.134. The van der Waals surface area contributed by atoms with Crippen LogP contribution in [0.25, 0.3) is 0 Å². The molecule has 6 nitrogen and oxygen atoms in total. The van der Waals surface area contributed by atoms with Crippen LogP contribution in [0.1, 0.15) is 19.3 Å². The number of carbonyl (C=O) groups is 2. The molecule has 102 valence electrons. The molecule has 6 heteroatoms. The summed E-state index contributed by atoms with van der Waals surface area (Å²) in [5, 5.41) is 4.07. The molecule has 3 rings (SSSR count). The van der Waals surface area contributed by atoms with Gasteiger partial charge in [-0.15, -0.1) is 0 Å². The van der Waals surface area contributed by atoms with Crippen molar-refractivity contribution in [3.05, 3.63) is 12.4 Å². The van der Waals surface area contributed by atoms with Crippen LogP contribution in [0.15, 0.2) is 12.4 Å². The van der Waals surface area contributed by atoms with Crippen LogP contribution in [-0.4, -0.2) is 46.1 Å². The van der Waals surface area contributed by atoms with Gasteiger partial charge in [0.1, 0.15) is 0 Å². The van der Waals surface area contributed by atoms with Gasteiger partial charge in [0, 0.05) is 39.3 Å². The minimum atomic E-state index is -0.189. The van der Waals surface area contributed by atoms with Gasteiger partial charge in [0.05, 0.1) is 17.8 Å². The highest BCUT2D eigenvalue weighted by molar-refractivity contribution is 6.00. The average molecular weight is 262 g/mol. The number of aromatic nitrogens is 2. The zero-order valence-electron chi connectivity index (χ0n) is 11.1. The summed E-state index contributed by atoms with van der Waals surface area (Å²) in [5.41, 5.74) is 0.782. The summed E-state index contributed by atoms with van der Waals surface area (Å²) in [6.07, 6.45) is 5.96. The highest BCUT2D eigenvalue weighted by atomic mass is 16.2. The van der Waals surface area contributed by atoms with E-state index in [2.05, 4.69) is 5.10 Å². The maximum Gasteiger partial charge on any atom is 0.228 e. The predicted octanol–water partition coefficient (Wildman–Crippen LogP) is 0.395. The van der Waals surface area contributed by atoms with E-state index in [0.29, 0.717) is 13.0 Å². The van der Waals surface area contributed by atoms with E-state index in [4.69, 9.17) is 0 Å². The highest BCUT2D eigenvalue weighted by Gasteiger charge is 2.38. The molecule has 0 bridgehead atoms. The minimum absolute atomic E-state index is 0.0190. The van der Waals surface area contributed by atoms with Gasteiger partial charge in [-0.3, -0.25) is 14.3 Å². The molecular formula is C13H18N4O2. The van der Waals surface area contributed by atoms with Crippen molar-refractivity contribution < 1.29 is 9.59 Å². The maximum atomic E-state index is 12.3. The molecule has 0 aliphatic carbocycles. The molecule has 1 aromatic heterocycles. The zero-order valence-corrected chi connectivity index (χ0v) is 11.1. The zero-order chi connectivity index (χ0) is 13.4. The molecule has 3 heterocycles. The van der Waals surface area contributed by atoms with Crippen molar-refractivity contribution in [2.75, 3.05) is 24.5 Å². The highest BCUT2D eigenvalue weighted by Crippen LogP contribution is 2.26. The Morgan fingerprint density at radius 2 is 2.11 bits per heavy atom. The number of hydrogen-bond acceptors (Lipinski definition) is 3. The third kappa shape index (κ3) is 2.22. The van der Waals surface area contributed by atoms with Gasteiger partial charge >= 0.3 is 0 Å². The first-order valence-electron chi connectivity index (χ1n) is 6.73. The van der Waals surface area contributed by atoms with Crippen LogP contribution in [0.2, 0.25) is 0 Å². The van der Waals surface area contributed by atoms with Gasteiger partial charge in [-0.25, -0.2) is 0 Å². The van der Waals surface area contributed by atoms with Gasteiger partial charge in [-0.1, -0.05) is 0 Å². The summed E-state index contributed by atoms with van der Waals surface area (Å²) in [7, 11) is 1.82. The largest absolute Gasteiger partial charge is 0.342 e. The first-order valence-corrected chi connectivity index (χ1v) is 6.73.